The van der Waals surface area contributed by atoms with Crippen LogP contribution in [0, 0.1) is 22.7 Å². The van der Waals surface area contributed by atoms with Crippen molar-refractivity contribution in [3.8, 4) is 0 Å². The minimum atomic E-state index is -0.761. The van der Waals surface area contributed by atoms with Crippen LogP contribution in [-0.2, 0) is 0 Å². The molecule has 6 atom stereocenters. The lowest BCUT2D eigenvalue weighted by Gasteiger charge is -2.63. The summed E-state index contributed by atoms with van der Waals surface area (Å²) in [5.41, 5.74) is -0.196. The van der Waals surface area contributed by atoms with Gasteiger partial charge < -0.3 is 20.4 Å². The molecule has 2 rings (SSSR count). The van der Waals surface area contributed by atoms with E-state index in [1.54, 1.807) is 0 Å². The highest BCUT2D eigenvalue weighted by molar-refractivity contribution is 5.12. The molecule has 140 valence electrons. The molecule has 0 saturated heterocycles. The maximum atomic E-state index is 11.1. The topological polar surface area (TPSA) is 80.9 Å². The number of aliphatic hydroxyl groups excluding tert-OH is 3. The molecule has 0 spiro atoms. The fourth-order valence-electron chi connectivity index (χ4n) is 5.93. The molecule has 0 amide bonds. The molecule has 0 aliphatic heterocycles. The Morgan fingerprint density at radius 2 is 1.79 bits per heavy atom. The van der Waals surface area contributed by atoms with Gasteiger partial charge in [-0.2, -0.15) is 0 Å². The van der Waals surface area contributed by atoms with E-state index in [4.69, 9.17) is 5.11 Å². The van der Waals surface area contributed by atoms with Crippen molar-refractivity contribution in [2.24, 2.45) is 22.7 Å². The summed E-state index contributed by atoms with van der Waals surface area (Å²) in [6.45, 7) is 10.3. The van der Waals surface area contributed by atoms with Crippen LogP contribution in [0.25, 0.3) is 0 Å². The molecule has 2 saturated carbocycles. The largest absolute Gasteiger partial charge is 0.392 e. The van der Waals surface area contributed by atoms with Crippen LogP contribution in [0.4, 0.5) is 0 Å². The number of hydrogen-bond acceptors (Lipinski definition) is 4. The maximum Gasteiger partial charge on any atom is 0.0852 e. The van der Waals surface area contributed by atoms with E-state index in [2.05, 4.69) is 20.8 Å². The van der Waals surface area contributed by atoms with Gasteiger partial charge in [0.1, 0.15) is 0 Å². The van der Waals surface area contributed by atoms with Gasteiger partial charge >= 0.3 is 0 Å². The van der Waals surface area contributed by atoms with Gasteiger partial charge in [0, 0.05) is 0 Å². The van der Waals surface area contributed by atoms with Crippen molar-refractivity contribution < 1.29 is 20.4 Å². The Morgan fingerprint density at radius 3 is 2.38 bits per heavy atom. The molecule has 4 heteroatoms. The van der Waals surface area contributed by atoms with E-state index < -0.39 is 17.8 Å². The van der Waals surface area contributed by atoms with Crippen LogP contribution in [0.5, 0.6) is 0 Å². The zero-order valence-corrected chi connectivity index (χ0v) is 15.9. The first kappa shape index (κ1) is 19.9. The third-order valence-electron chi connectivity index (χ3n) is 7.22. The van der Waals surface area contributed by atoms with Gasteiger partial charge in [0.2, 0.25) is 0 Å². The first-order valence-electron chi connectivity index (χ1n) is 9.32. The molecular formula is C20H36O4. The Balaban J connectivity index is 2.33. The summed E-state index contributed by atoms with van der Waals surface area (Å²) in [6, 6.07) is 0. The molecule has 2 aliphatic rings. The maximum absolute atomic E-state index is 11.1. The van der Waals surface area contributed by atoms with Crippen LogP contribution >= 0.6 is 0 Å². The third kappa shape index (κ3) is 3.31. The van der Waals surface area contributed by atoms with Crippen molar-refractivity contribution >= 4 is 0 Å². The zero-order valence-electron chi connectivity index (χ0n) is 15.9. The molecule has 2 aliphatic carbocycles. The molecule has 2 fully saturated rings. The molecule has 4 N–H and O–H groups in total. The summed E-state index contributed by atoms with van der Waals surface area (Å²) in [4.78, 5) is 0. The molecule has 0 heterocycles. The van der Waals surface area contributed by atoms with E-state index in [1.807, 2.05) is 19.9 Å². The Hall–Kier alpha value is -0.420. The third-order valence-corrected chi connectivity index (χ3v) is 7.22. The van der Waals surface area contributed by atoms with Crippen molar-refractivity contribution in [1.29, 1.82) is 0 Å². The second-order valence-electron chi connectivity index (χ2n) is 9.32. The van der Waals surface area contributed by atoms with E-state index in [9.17, 15) is 15.3 Å². The van der Waals surface area contributed by atoms with Gasteiger partial charge in [-0.25, -0.2) is 0 Å². The summed E-state index contributed by atoms with van der Waals surface area (Å²) in [5, 5.41) is 41.2. The van der Waals surface area contributed by atoms with Gasteiger partial charge in [0.15, 0.2) is 0 Å². The van der Waals surface area contributed by atoms with Gasteiger partial charge in [-0.1, -0.05) is 32.4 Å². The molecule has 0 radical (unpaired) electrons. The van der Waals surface area contributed by atoms with Crippen molar-refractivity contribution in [3.63, 3.8) is 0 Å². The van der Waals surface area contributed by atoms with Crippen LogP contribution in [0.1, 0.15) is 66.7 Å². The summed E-state index contributed by atoms with van der Waals surface area (Å²) < 4.78 is 0. The lowest BCUT2D eigenvalue weighted by Crippen LogP contribution is -2.64. The highest BCUT2D eigenvalue weighted by Gasteiger charge is 2.62. The van der Waals surface area contributed by atoms with Crippen molar-refractivity contribution in [2.75, 3.05) is 6.61 Å². The van der Waals surface area contributed by atoms with Gasteiger partial charge in [0.05, 0.1) is 24.4 Å². The van der Waals surface area contributed by atoms with E-state index in [0.717, 1.165) is 31.3 Å². The predicted octanol–water partition coefficient (Wildman–Crippen LogP) is 2.64. The van der Waals surface area contributed by atoms with Crippen LogP contribution in [0.2, 0.25) is 0 Å². The first-order chi connectivity index (χ1) is 11.0. The summed E-state index contributed by atoms with van der Waals surface area (Å²) in [5.74, 6) is 0.336. The van der Waals surface area contributed by atoms with Gasteiger partial charge in [-0.15, -0.1) is 0 Å². The lowest BCUT2D eigenvalue weighted by molar-refractivity contribution is -0.226. The van der Waals surface area contributed by atoms with Crippen LogP contribution < -0.4 is 0 Å². The molecule has 0 unspecified atom stereocenters. The van der Waals surface area contributed by atoms with E-state index in [1.165, 1.54) is 0 Å². The monoisotopic (exact) mass is 340 g/mol. The number of allylic oxidation sites excluding steroid dienone is 1. The van der Waals surface area contributed by atoms with Gasteiger partial charge in [0.25, 0.3) is 0 Å². The van der Waals surface area contributed by atoms with Crippen molar-refractivity contribution in [1.82, 2.24) is 0 Å². The van der Waals surface area contributed by atoms with E-state index >= 15 is 0 Å². The lowest BCUT2D eigenvalue weighted by atomic mass is 9.44. The Kier molecular flexibility index (Phi) is 5.57. The molecule has 0 aromatic rings. The normalized spacial score (nSPS) is 45.8. The van der Waals surface area contributed by atoms with E-state index in [0.29, 0.717) is 6.42 Å². The van der Waals surface area contributed by atoms with Crippen LogP contribution in [0.3, 0.4) is 0 Å². The van der Waals surface area contributed by atoms with Gasteiger partial charge in [-0.3, -0.25) is 0 Å². The fraction of sp³-hybridized carbons (Fsp3) is 0.900. The summed E-state index contributed by atoms with van der Waals surface area (Å²) in [6.07, 6.45) is 4.17. The number of fused-ring (bicyclic) bond motifs is 1. The highest BCUT2D eigenvalue weighted by atomic mass is 16.3. The molecule has 0 aromatic carbocycles. The molecule has 4 nitrogen and oxygen atoms in total. The average Bonchev–Trinajstić information content (AvgIpc) is 2.43. The standard InChI is InChI=1S/C20H36O4/c1-13(9-11-21)6-7-16-19(4)12-14(22)17(23)18(2,3)15(19)8-10-20(16,5)24/h9,14-17,21-24H,6-8,10-12H2,1-5H3/b13-9+/t14-,15+,16-,17-,19-,20-/m0/s1. The van der Waals surface area contributed by atoms with Crippen molar-refractivity contribution in [3.05, 3.63) is 11.6 Å². The van der Waals surface area contributed by atoms with Crippen LogP contribution in [0.15, 0.2) is 11.6 Å². The summed E-state index contributed by atoms with van der Waals surface area (Å²) in [7, 11) is 0. The second kappa shape index (κ2) is 6.71. The summed E-state index contributed by atoms with van der Waals surface area (Å²) >= 11 is 0. The molecule has 0 bridgehead atoms. The second-order valence-corrected chi connectivity index (χ2v) is 9.32. The number of aliphatic hydroxyl groups is 4. The zero-order chi connectivity index (χ0) is 18.3. The molecule has 24 heavy (non-hydrogen) atoms. The number of rotatable bonds is 4. The molecule has 0 aromatic heterocycles. The Bertz CT molecular complexity index is 482. The smallest absolute Gasteiger partial charge is 0.0852 e. The molecular weight excluding hydrogens is 304 g/mol. The number of hydrogen-bond donors (Lipinski definition) is 4. The first-order valence-corrected chi connectivity index (χ1v) is 9.32. The highest BCUT2D eigenvalue weighted by Crippen LogP contribution is 2.63. The predicted molar refractivity (Wildman–Crippen MR) is 95.4 cm³/mol. The minimum Gasteiger partial charge on any atom is -0.392 e. The SMILES string of the molecule is C/C(=C\CO)CC[C@H]1[C@@]2(C)C[C@H](O)[C@H](O)C(C)(C)[C@H]2CC[C@]1(C)O. The Morgan fingerprint density at radius 1 is 1.17 bits per heavy atom. The minimum absolute atomic E-state index is 0.0464. The Labute approximate surface area is 146 Å². The van der Waals surface area contributed by atoms with E-state index in [-0.39, 0.29) is 29.3 Å². The fourth-order valence-corrected chi connectivity index (χ4v) is 5.93. The van der Waals surface area contributed by atoms with Crippen LogP contribution in [-0.4, -0.2) is 44.8 Å². The average molecular weight is 341 g/mol. The van der Waals surface area contributed by atoms with Gasteiger partial charge in [-0.05, 0) is 68.6 Å². The van der Waals surface area contributed by atoms with Crippen molar-refractivity contribution in [2.45, 2.75) is 84.5 Å². The quantitative estimate of drug-likeness (QED) is 0.593.